The second kappa shape index (κ2) is 8.30. The molecular formula is C24H27N5O. The molecule has 0 atom stereocenters. The van der Waals surface area contributed by atoms with Crippen molar-refractivity contribution in [3.63, 3.8) is 0 Å². The van der Waals surface area contributed by atoms with Crippen LogP contribution in [0.2, 0.25) is 0 Å². The summed E-state index contributed by atoms with van der Waals surface area (Å²) in [6, 6.07) is 18.6. The number of carbonyl (C=O) groups is 1. The summed E-state index contributed by atoms with van der Waals surface area (Å²) in [5.41, 5.74) is 1.10. The van der Waals surface area contributed by atoms with Crippen molar-refractivity contribution in [2.75, 3.05) is 49.1 Å². The average Bonchev–Trinajstić information content (AvgIpc) is 3.35. The number of piperazine rings is 1. The highest BCUT2D eigenvalue weighted by Gasteiger charge is 2.23. The standard InChI is InChI=1S/C24H27N5O/c30-24(18-20-8-5-7-19-6-1-2-9-21(19)20)29-16-14-28(15-17-29)23-11-10-22(25-26-23)27-12-3-4-13-27/h1-2,5-11H,3-4,12-18H2. The Morgan fingerprint density at radius 2 is 1.37 bits per heavy atom. The first-order chi connectivity index (χ1) is 14.8. The second-order valence-corrected chi connectivity index (χ2v) is 8.13. The fraction of sp³-hybridized carbons (Fsp3) is 0.375. The molecule has 3 heterocycles. The fourth-order valence-corrected chi connectivity index (χ4v) is 4.51. The van der Waals surface area contributed by atoms with Gasteiger partial charge in [-0.05, 0) is 41.3 Å². The van der Waals surface area contributed by atoms with E-state index in [4.69, 9.17) is 0 Å². The number of aromatic nitrogens is 2. The molecule has 0 unspecified atom stereocenters. The summed E-state index contributed by atoms with van der Waals surface area (Å²) in [6.07, 6.45) is 2.92. The van der Waals surface area contributed by atoms with Gasteiger partial charge in [-0.15, -0.1) is 10.2 Å². The molecule has 6 heteroatoms. The van der Waals surface area contributed by atoms with E-state index in [0.717, 1.165) is 56.5 Å². The van der Waals surface area contributed by atoms with Crippen LogP contribution in [0.3, 0.4) is 0 Å². The molecule has 0 saturated carbocycles. The monoisotopic (exact) mass is 401 g/mol. The minimum atomic E-state index is 0.196. The van der Waals surface area contributed by atoms with E-state index in [1.807, 2.05) is 23.1 Å². The van der Waals surface area contributed by atoms with Crippen molar-refractivity contribution in [1.29, 1.82) is 0 Å². The van der Waals surface area contributed by atoms with E-state index in [1.165, 1.54) is 23.6 Å². The van der Waals surface area contributed by atoms with Gasteiger partial charge in [-0.3, -0.25) is 4.79 Å². The quantitative estimate of drug-likeness (QED) is 0.672. The first-order valence-corrected chi connectivity index (χ1v) is 10.9. The Morgan fingerprint density at radius 3 is 2.07 bits per heavy atom. The Morgan fingerprint density at radius 1 is 0.733 bits per heavy atom. The van der Waals surface area contributed by atoms with Crippen molar-refractivity contribution in [1.82, 2.24) is 15.1 Å². The molecule has 2 aliphatic heterocycles. The highest BCUT2D eigenvalue weighted by Crippen LogP contribution is 2.22. The van der Waals surface area contributed by atoms with Crippen molar-refractivity contribution in [2.24, 2.45) is 0 Å². The molecule has 2 aromatic carbocycles. The molecule has 1 aromatic heterocycles. The summed E-state index contributed by atoms with van der Waals surface area (Å²) >= 11 is 0. The van der Waals surface area contributed by atoms with Gasteiger partial charge in [-0.2, -0.15) is 0 Å². The van der Waals surface area contributed by atoms with Crippen molar-refractivity contribution < 1.29 is 4.79 Å². The SMILES string of the molecule is O=C(Cc1cccc2ccccc12)N1CCN(c2ccc(N3CCCC3)nn2)CC1. The highest BCUT2D eigenvalue weighted by molar-refractivity contribution is 5.90. The first-order valence-electron chi connectivity index (χ1n) is 10.9. The summed E-state index contributed by atoms with van der Waals surface area (Å²) in [4.78, 5) is 19.4. The summed E-state index contributed by atoms with van der Waals surface area (Å²) in [6.45, 7) is 5.17. The maximum atomic E-state index is 12.9. The Balaban J connectivity index is 1.20. The molecular weight excluding hydrogens is 374 g/mol. The molecule has 154 valence electrons. The molecule has 0 radical (unpaired) electrons. The lowest BCUT2D eigenvalue weighted by atomic mass is 10.0. The Labute approximate surface area is 177 Å². The average molecular weight is 402 g/mol. The predicted molar refractivity (Wildman–Crippen MR) is 120 cm³/mol. The lowest BCUT2D eigenvalue weighted by Crippen LogP contribution is -2.49. The lowest BCUT2D eigenvalue weighted by molar-refractivity contribution is -0.130. The number of hydrogen-bond donors (Lipinski definition) is 0. The third kappa shape index (κ3) is 3.82. The zero-order valence-corrected chi connectivity index (χ0v) is 17.2. The van der Waals surface area contributed by atoms with Gasteiger partial charge in [-0.25, -0.2) is 0 Å². The molecule has 2 aliphatic rings. The zero-order chi connectivity index (χ0) is 20.3. The van der Waals surface area contributed by atoms with Crippen LogP contribution in [0.15, 0.2) is 54.6 Å². The van der Waals surface area contributed by atoms with Crippen LogP contribution in [0.5, 0.6) is 0 Å². The van der Waals surface area contributed by atoms with E-state index < -0.39 is 0 Å². The number of anilines is 2. The second-order valence-electron chi connectivity index (χ2n) is 8.13. The topological polar surface area (TPSA) is 52.6 Å². The fourth-order valence-electron chi connectivity index (χ4n) is 4.51. The van der Waals surface area contributed by atoms with Crippen LogP contribution in [0, 0.1) is 0 Å². The third-order valence-corrected chi connectivity index (χ3v) is 6.24. The van der Waals surface area contributed by atoms with Crippen LogP contribution in [0.4, 0.5) is 11.6 Å². The van der Waals surface area contributed by atoms with Gasteiger partial charge in [0.15, 0.2) is 11.6 Å². The van der Waals surface area contributed by atoms with E-state index in [9.17, 15) is 4.79 Å². The van der Waals surface area contributed by atoms with Crippen molar-refractivity contribution in [2.45, 2.75) is 19.3 Å². The van der Waals surface area contributed by atoms with Gasteiger partial charge >= 0.3 is 0 Å². The minimum Gasteiger partial charge on any atom is -0.355 e. The predicted octanol–water partition coefficient (Wildman–Crippen LogP) is 3.12. The number of nitrogens with zero attached hydrogens (tertiary/aromatic N) is 5. The van der Waals surface area contributed by atoms with Gasteiger partial charge in [-0.1, -0.05) is 42.5 Å². The normalized spacial score (nSPS) is 17.0. The van der Waals surface area contributed by atoms with E-state index in [1.54, 1.807) is 0 Å². The number of rotatable bonds is 4. The summed E-state index contributed by atoms with van der Waals surface area (Å²) in [5.74, 6) is 2.07. The molecule has 0 aliphatic carbocycles. The highest BCUT2D eigenvalue weighted by atomic mass is 16.2. The molecule has 1 amide bonds. The van der Waals surface area contributed by atoms with Crippen LogP contribution < -0.4 is 9.80 Å². The van der Waals surface area contributed by atoms with Crippen molar-refractivity contribution in [3.8, 4) is 0 Å². The summed E-state index contributed by atoms with van der Waals surface area (Å²) in [5, 5.41) is 11.2. The van der Waals surface area contributed by atoms with Crippen LogP contribution in [0.25, 0.3) is 10.8 Å². The van der Waals surface area contributed by atoms with Gasteiger partial charge in [0.1, 0.15) is 0 Å². The van der Waals surface area contributed by atoms with Crippen LogP contribution in [0.1, 0.15) is 18.4 Å². The van der Waals surface area contributed by atoms with Crippen molar-refractivity contribution in [3.05, 3.63) is 60.2 Å². The molecule has 0 bridgehead atoms. The number of benzene rings is 2. The minimum absolute atomic E-state index is 0.196. The smallest absolute Gasteiger partial charge is 0.227 e. The van der Waals surface area contributed by atoms with Gasteiger partial charge in [0, 0.05) is 39.3 Å². The molecule has 0 N–H and O–H groups in total. The van der Waals surface area contributed by atoms with Crippen LogP contribution >= 0.6 is 0 Å². The molecule has 5 rings (SSSR count). The number of carbonyl (C=O) groups excluding carboxylic acids is 1. The van der Waals surface area contributed by atoms with Gasteiger partial charge in [0.05, 0.1) is 6.42 Å². The summed E-state index contributed by atoms with van der Waals surface area (Å²) in [7, 11) is 0. The zero-order valence-electron chi connectivity index (χ0n) is 17.2. The molecule has 0 spiro atoms. The van der Waals surface area contributed by atoms with E-state index in [2.05, 4.69) is 56.4 Å². The maximum Gasteiger partial charge on any atom is 0.227 e. The molecule has 30 heavy (non-hydrogen) atoms. The number of fused-ring (bicyclic) bond motifs is 1. The largest absolute Gasteiger partial charge is 0.355 e. The van der Waals surface area contributed by atoms with Gasteiger partial charge < -0.3 is 14.7 Å². The van der Waals surface area contributed by atoms with Gasteiger partial charge in [0.2, 0.25) is 5.91 Å². The molecule has 6 nitrogen and oxygen atoms in total. The van der Waals surface area contributed by atoms with E-state index in [-0.39, 0.29) is 5.91 Å². The molecule has 2 fully saturated rings. The summed E-state index contributed by atoms with van der Waals surface area (Å²) < 4.78 is 0. The lowest BCUT2D eigenvalue weighted by Gasteiger charge is -2.35. The Hall–Kier alpha value is -3.15. The Kier molecular flexibility index (Phi) is 5.22. The number of amides is 1. The molecule has 3 aromatic rings. The van der Waals surface area contributed by atoms with Crippen LogP contribution in [-0.2, 0) is 11.2 Å². The maximum absolute atomic E-state index is 12.9. The first kappa shape index (κ1) is 18.9. The Bertz CT molecular complexity index is 1020. The van der Waals surface area contributed by atoms with Crippen molar-refractivity contribution >= 4 is 28.3 Å². The van der Waals surface area contributed by atoms with Crippen LogP contribution in [-0.4, -0.2) is 60.3 Å². The third-order valence-electron chi connectivity index (χ3n) is 6.24. The number of hydrogen-bond acceptors (Lipinski definition) is 5. The van der Waals surface area contributed by atoms with Gasteiger partial charge in [0.25, 0.3) is 0 Å². The van der Waals surface area contributed by atoms with E-state index >= 15 is 0 Å². The van der Waals surface area contributed by atoms with E-state index in [0.29, 0.717) is 6.42 Å². The molecule has 2 saturated heterocycles.